The molecule has 1 aromatic rings. The molecule has 1 unspecified atom stereocenters. The smallest absolute Gasteiger partial charge is 0.251 e. The van der Waals surface area contributed by atoms with Crippen LogP contribution in [0.4, 0.5) is 8.78 Å². The molecule has 2 saturated heterocycles. The van der Waals surface area contributed by atoms with E-state index in [1.165, 1.54) is 33.5 Å². The molecular weight excluding hydrogens is 448 g/mol. The van der Waals surface area contributed by atoms with Crippen molar-refractivity contribution in [2.75, 3.05) is 26.2 Å². The monoisotopic (exact) mass is 477 g/mol. The number of nitrogens with zero attached hydrogens (tertiary/aromatic N) is 2. The summed E-state index contributed by atoms with van der Waals surface area (Å²) in [6.07, 6.45) is 0.294. The molecule has 7 nitrogen and oxygen atoms in total. The summed E-state index contributed by atoms with van der Waals surface area (Å²) in [4.78, 5) is 14.5. The molecule has 2 aliphatic heterocycles. The maximum absolute atomic E-state index is 13.4. The second-order valence-electron chi connectivity index (χ2n) is 8.50. The average molecular weight is 478 g/mol. The Morgan fingerprint density at radius 3 is 2.16 bits per heavy atom. The largest absolute Gasteiger partial charge is 0.342 e. The first-order valence-corrected chi connectivity index (χ1v) is 13.5. The van der Waals surface area contributed by atoms with Gasteiger partial charge in [-0.1, -0.05) is 0 Å². The van der Waals surface area contributed by atoms with E-state index >= 15 is 0 Å². The number of amides is 1. The fourth-order valence-corrected chi connectivity index (χ4v) is 6.52. The highest BCUT2D eigenvalue weighted by Crippen LogP contribution is 2.31. The van der Waals surface area contributed by atoms with Gasteiger partial charge in [0.15, 0.2) is 0 Å². The number of rotatable bonds is 5. The van der Waals surface area contributed by atoms with Gasteiger partial charge in [0.1, 0.15) is 0 Å². The zero-order valence-corrected chi connectivity index (χ0v) is 19.4. The lowest BCUT2D eigenvalue weighted by Gasteiger charge is -2.37. The molecule has 0 saturated carbocycles. The summed E-state index contributed by atoms with van der Waals surface area (Å²) >= 11 is 0. The van der Waals surface area contributed by atoms with Crippen molar-refractivity contribution < 1.29 is 26.2 Å². The van der Waals surface area contributed by atoms with Crippen LogP contribution in [-0.2, 0) is 24.5 Å². The lowest BCUT2D eigenvalue weighted by molar-refractivity contribution is -0.142. The number of carbonyl (C=O) groups excluding carboxylic acids is 1. The molecule has 2 heterocycles. The van der Waals surface area contributed by atoms with Crippen LogP contribution < -0.4 is 0 Å². The average Bonchev–Trinajstić information content (AvgIpc) is 2.73. The van der Waals surface area contributed by atoms with E-state index in [0.29, 0.717) is 12.8 Å². The summed E-state index contributed by atoms with van der Waals surface area (Å²) in [6.45, 7) is 3.60. The minimum absolute atomic E-state index is 0.0109. The Morgan fingerprint density at radius 1 is 1.06 bits per heavy atom. The van der Waals surface area contributed by atoms with Crippen LogP contribution in [0.2, 0.25) is 0 Å². The molecule has 2 aliphatic rings. The zero-order chi connectivity index (χ0) is 23.0. The Labute approximate surface area is 182 Å². The number of piperidine rings is 2. The van der Waals surface area contributed by atoms with Crippen LogP contribution in [0, 0.1) is 10.7 Å². The van der Waals surface area contributed by atoms with Crippen LogP contribution in [-0.4, -0.2) is 65.1 Å². The second-order valence-corrected chi connectivity index (χ2v) is 13.1. The third-order valence-electron chi connectivity index (χ3n) is 6.02. The Kier molecular flexibility index (Phi) is 6.79. The van der Waals surface area contributed by atoms with Crippen molar-refractivity contribution in [2.45, 2.75) is 60.5 Å². The minimum Gasteiger partial charge on any atom is -0.342 e. The number of carbonyl (C=O) groups is 1. The van der Waals surface area contributed by atoms with Crippen LogP contribution in [0.3, 0.4) is 0 Å². The first-order valence-electron chi connectivity index (χ1n) is 10.4. The topological polar surface area (TPSA) is 98.6 Å². The number of alkyl halides is 2. The van der Waals surface area contributed by atoms with Crippen molar-refractivity contribution >= 4 is 25.7 Å². The van der Waals surface area contributed by atoms with E-state index in [-0.39, 0.29) is 54.7 Å². The SMILES string of the molecule is CC(C)S(=N)(=O)c1ccc(S(=O)(=O)N2CCC[C@@H](C(=O)N3CCC(F)(F)CC3)C2)cc1. The number of nitrogens with one attached hydrogen (secondary N) is 1. The van der Waals surface area contributed by atoms with E-state index in [1.807, 2.05) is 0 Å². The Balaban J connectivity index is 1.72. The van der Waals surface area contributed by atoms with Crippen molar-refractivity contribution in [1.29, 1.82) is 4.78 Å². The number of likely N-dealkylation sites (tertiary alicyclic amines) is 1. The van der Waals surface area contributed by atoms with Crippen LogP contribution in [0.15, 0.2) is 34.1 Å². The summed E-state index contributed by atoms with van der Waals surface area (Å²) in [5.74, 6) is -3.57. The molecule has 0 radical (unpaired) electrons. The third-order valence-corrected chi connectivity index (χ3v) is 10.2. The highest BCUT2D eigenvalue weighted by molar-refractivity contribution is 7.93. The van der Waals surface area contributed by atoms with Gasteiger partial charge in [-0.2, -0.15) is 4.31 Å². The molecule has 1 amide bonds. The molecule has 3 rings (SSSR count). The van der Waals surface area contributed by atoms with Crippen molar-refractivity contribution in [3.63, 3.8) is 0 Å². The molecule has 174 valence electrons. The molecule has 1 N–H and O–H groups in total. The summed E-state index contributed by atoms with van der Waals surface area (Å²) < 4.78 is 74.7. The van der Waals surface area contributed by atoms with Crippen molar-refractivity contribution in [3.8, 4) is 0 Å². The van der Waals surface area contributed by atoms with Crippen molar-refractivity contribution in [3.05, 3.63) is 24.3 Å². The van der Waals surface area contributed by atoms with Gasteiger partial charge in [-0.05, 0) is 51.0 Å². The van der Waals surface area contributed by atoms with Crippen molar-refractivity contribution in [2.24, 2.45) is 5.92 Å². The van der Waals surface area contributed by atoms with Gasteiger partial charge in [0.25, 0.3) is 5.92 Å². The molecule has 0 aromatic heterocycles. The summed E-state index contributed by atoms with van der Waals surface area (Å²) in [6, 6.07) is 5.50. The van der Waals surface area contributed by atoms with Crippen LogP contribution >= 0.6 is 0 Å². The number of hydrogen-bond acceptors (Lipinski definition) is 5. The predicted octanol–water partition coefficient (Wildman–Crippen LogP) is 3.16. The van der Waals surface area contributed by atoms with Crippen LogP contribution in [0.1, 0.15) is 39.5 Å². The van der Waals surface area contributed by atoms with Gasteiger partial charge >= 0.3 is 0 Å². The summed E-state index contributed by atoms with van der Waals surface area (Å²) in [7, 11) is -6.89. The van der Waals surface area contributed by atoms with E-state index in [4.69, 9.17) is 4.78 Å². The van der Waals surface area contributed by atoms with E-state index in [0.717, 1.165) is 0 Å². The Morgan fingerprint density at radius 2 is 1.61 bits per heavy atom. The highest BCUT2D eigenvalue weighted by atomic mass is 32.2. The molecular formula is C20H29F2N3O4S2. The van der Waals surface area contributed by atoms with Gasteiger partial charge in [-0.3, -0.25) is 4.79 Å². The Bertz CT molecular complexity index is 1020. The normalized spacial score (nSPS) is 24.7. The highest BCUT2D eigenvalue weighted by Gasteiger charge is 2.39. The molecule has 2 atom stereocenters. The van der Waals surface area contributed by atoms with Gasteiger partial charge in [-0.15, -0.1) is 0 Å². The summed E-state index contributed by atoms with van der Waals surface area (Å²) in [5, 5.41) is -0.404. The lowest BCUT2D eigenvalue weighted by atomic mass is 9.96. The number of hydrogen-bond donors (Lipinski definition) is 1. The predicted molar refractivity (Wildman–Crippen MR) is 113 cm³/mol. The fraction of sp³-hybridized carbons (Fsp3) is 0.650. The van der Waals surface area contributed by atoms with Crippen LogP contribution in [0.25, 0.3) is 0 Å². The maximum Gasteiger partial charge on any atom is 0.251 e. The van der Waals surface area contributed by atoms with E-state index in [1.54, 1.807) is 13.8 Å². The molecule has 0 bridgehead atoms. The molecule has 1 aromatic carbocycles. The van der Waals surface area contributed by atoms with E-state index in [2.05, 4.69) is 0 Å². The first-order chi connectivity index (χ1) is 14.3. The molecule has 0 aliphatic carbocycles. The Hall–Kier alpha value is -1.59. The first kappa shape index (κ1) is 24.1. The van der Waals surface area contributed by atoms with Gasteiger partial charge in [-0.25, -0.2) is 26.2 Å². The second kappa shape index (κ2) is 8.74. The van der Waals surface area contributed by atoms with Crippen molar-refractivity contribution in [1.82, 2.24) is 9.21 Å². The molecule has 31 heavy (non-hydrogen) atoms. The number of halogens is 2. The lowest BCUT2D eigenvalue weighted by Crippen LogP contribution is -2.49. The van der Waals surface area contributed by atoms with E-state index in [9.17, 15) is 26.2 Å². The standard InChI is InChI=1S/C20H29F2N3O4S2/c1-15(2)30(23,27)17-5-7-18(8-6-17)31(28,29)25-11-3-4-16(14-25)19(26)24-12-9-20(21,22)10-13-24/h5-8,15-16,23H,3-4,9-14H2,1-2H3/t16-,30?/m1/s1. The van der Waals surface area contributed by atoms with Crippen LogP contribution in [0.5, 0.6) is 0 Å². The van der Waals surface area contributed by atoms with Gasteiger partial charge in [0.2, 0.25) is 15.9 Å². The van der Waals surface area contributed by atoms with Gasteiger partial charge < -0.3 is 4.90 Å². The summed E-state index contributed by atoms with van der Waals surface area (Å²) in [5.41, 5.74) is 0. The van der Waals surface area contributed by atoms with Gasteiger partial charge in [0, 0.05) is 49.2 Å². The maximum atomic E-state index is 13.4. The quantitative estimate of drug-likeness (QED) is 0.704. The zero-order valence-electron chi connectivity index (χ0n) is 17.7. The van der Waals surface area contributed by atoms with E-state index < -0.39 is 36.8 Å². The molecule has 0 spiro atoms. The number of sulfonamides is 1. The fourth-order valence-electron chi connectivity index (χ4n) is 3.91. The minimum atomic E-state index is -3.87. The molecule has 2 fully saturated rings. The molecule has 11 heteroatoms. The third kappa shape index (κ3) is 5.09. The number of benzene rings is 1. The van der Waals surface area contributed by atoms with Gasteiger partial charge in [0.05, 0.1) is 20.5 Å².